The summed E-state index contributed by atoms with van der Waals surface area (Å²) in [5.74, 6) is 1.53. The molecular weight excluding hydrogens is 138 g/mol. The Hall–Kier alpha value is -0.790. The normalized spacial score (nSPS) is 12.5. The first-order valence-corrected chi connectivity index (χ1v) is 3.94. The minimum absolute atomic E-state index is 0.0938. The van der Waals surface area contributed by atoms with Gasteiger partial charge >= 0.3 is 0 Å². The molecule has 0 saturated carbocycles. The number of nitrogens with zero attached hydrogens (tertiary/aromatic N) is 1. The molecule has 0 aliphatic heterocycles. The molecule has 0 N–H and O–H groups in total. The Morgan fingerprint density at radius 2 is 2.09 bits per heavy atom. The van der Waals surface area contributed by atoms with Crippen LogP contribution in [0.1, 0.15) is 33.5 Å². The molecule has 0 aromatic carbocycles. The zero-order chi connectivity index (χ0) is 8.48. The van der Waals surface area contributed by atoms with Gasteiger partial charge in [0.25, 0.3) is 0 Å². The van der Waals surface area contributed by atoms with Crippen molar-refractivity contribution >= 4 is 0 Å². The lowest BCUT2D eigenvalue weighted by atomic mass is 9.79. The predicted octanol–water partition coefficient (Wildman–Crippen LogP) is 2.61. The van der Waals surface area contributed by atoms with Crippen LogP contribution in [0, 0.1) is 5.92 Å². The maximum absolute atomic E-state index is 5.25. The second kappa shape index (κ2) is 2.68. The zero-order valence-electron chi connectivity index (χ0n) is 7.59. The molecule has 0 amide bonds. The first kappa shape index (κ1) is 8.31. The van der Waals surface area contributed by atoms with E-state index in [1.165, 1.54) is 6.39 Å². The van der Waals surface area contributed by atoms with Crippen molar-refractivity contribution in [1.29, 1.82) is 0 Å². The molecule has 0 spiro atoms. The van der Waals surface area contributed by atoms with Crippen molar-refractivity contribution in [3.8, 4) is 0 Å². The highest BCUT2D eigenvalue weighted by molar-refractivity contribution is 5.06. The summed E-state index contributed by atoms with van der Waals surface area (Å²) >= 11 is 0. The molecule has 0 saturated heterocycles. The maximum atomic E-state index is 5.25. The minimum Gasteiger partial charge on any atom is -0.448 e. The smallest absolute Gasteiger partial charge is 0.180 e. The number of aromatic nitrogens is 1. The summed E-state index contributed by atoms with van der Waals surface area (Å²) in [7, 11) is 0. The molecule has 0 aliphatic rings. The van der Waals surface area contributed by atoms with E-state index >= 15 is 0 Å². The standard InChI is InChI=1S/C9H15NO/c1-7(2)9(3,4)8-5-10-6-11-8/h5-7H,1-4H3. The average Bonchev–Trinajstić information content (AvgIpc) is 2.37. The van der Waals surface area contributed by atoms with Crippen LogP contribution >= 0.6 is 0 Å². The van der Waals surface area contributed by atoms with Gasteiger partial charge in [-0.1, -0.05) is 27.7 Å². The van der Waals surface area contributed by atoms with Crippen LogP contribution in [-0.2, 0) is 5.41 Å². The average molecular weight is 153 g/mol. The van der Waals surface area contributed by atoms with Crippen molar-refractivity contribution in [2.24, 2.45) is 5.92 Å². The third kappa shape index (κ3) is 1.44. The highest BCUT2D eigenvalue weighted by Gasteiger charge is 2.27. The first-order valence-electron chi connectivity index (χ1n) is 3.94. The Morgan fingerprint density at radius 1 is 1.45 bits per heavy atom. The van der Waals surface area contributed by atoms with Gasteiger partial charge in [0, 0.05) is 5.41 Å². The van der Waals surface area contributed by atoms with Crippen molar-refractivity contribution in [2.75, 3.05) is 0 Å². The number of hydrogen-bond acceptors (Lipinski definition) is 2. The number of rotatable bonds is 2. The van der Waals surface area contributed by atoms with E-state index in [1.807, 2.05) is 0 Å². The molecule has 2 heteroatoms. The third-order valence-electron chi connectivity index (χ3n) is 2.51. The lowest BCUT2D eigenvalue weighted by Gasteiger charge is -2.25. The fourth-order valence-corrected chi connectivity index (χ4v) is 0.819. The van der Waals surface area contributed by atoms with Gasteiger partial charge in [0.2, 0.25) is 0 Å². The Balaban J connectivity index is 2.90. The Kier molecular flexibility index (Phi) is 2.03. The van der Waals surface area contributed by atoms with Crippen LogP contribution in [0.25, 0.3) is 0 Å². The van der Waals surface area contributed by atoms with Gasteiger partial charge in [-0.2, -0.15) is 0 Å². The van der Waals surface area contributed by atoms with Crippen LogP contribution in [0.15, 0.2) is 17.0 Å². The Labute approximate surface area is 67.6 Å². The molecule has 1 aromatic rings. The largest absolute Gasteiger partial charge is 0.448 e. The molecule has 0 bridgehead atoms. The summed E-state index contributed by atoms with van der Waals surface area (Å²) in [6, 6.07) is 0. The molecule has 0 unspecified atom stereocenters. The summed E-state index contributed by atoms with van der Waals surface area (Å²) in [5, 5.41) is 0. The van der Waals surface area contributed by atoms with Crippen molar-refractivity contribution in [3.05, 3.63) is 18.4 Å². The Bertz CT molecular complexity index is 211. The van der Waals surface area contributed by atoms with Gasteiger partial charge in [0.1, 0.15) is 5.76 Å². The predicted molar refractivity (Wildman–Crippen MR) is 44.4 cm³/mol. The van der Waals surface area contributed by atoms with Gasteiger partial charge < -0.3 is 4.42 Å². The molecule has 0 fully saturated rings. The summed E-state index contributed by atoms with van der Waals surface area (Å²) < 4.78 is 5.25. The first-order chi connectivity index (χ1) is 5.05. The van der Waals surface area contributed by atoms with E-state index in [2.05, 4.69) is 32.7 Å². The van der Waals surface area contributed by atoms with Crippen molar-refractivity contribution in [1.82, 2.24) is 4.98 Å². The van der Waals surface area contributed by atoms with E-state index in [-0.39, 0.29) is 5.41 Å². The highest BCUT2D eigenvalue weighted by Crippen LogP contribution is 2.30. The van der Waals surface area contributed by atoms with Crippen LogP contribution in [0.4, 0.5) is 0 Å². The third-order valence-corrected chi connectivity index (χ3v) is 2.51. The Morgan fingerprint density at radius 3 is 2.45 bits per heavy atom. The van der Waals surface area contributed by atoms with Crippen LogP contribution in [0.5, 0.6) is 0 Å². The summed E-state index contributed by atoms with van der Waals surface area (Å²) in [6.45, 7) is 8.70. The van der Waals surface area contributed by atoms with Gasteiger partial charge in [0.15, 0.2) is 6.39 Å². The summed E-state index contributed by atoms with van der Waals surface area (Å²) in [6.07, 6.45) is 3.28. The second-order valence-electron chi connectivity index (χ2n) is 3.74. The number of hydrogen-bond donors (Lipinski definition) is 0. The molecule has 0 radical (unpaired) electrons. The molecule has 1 heterocycles. The zero-order valence-corrected chi connectivity index (χ0v) is 7.59. The lowest BCUT2D eigenvalue weighted by molar-refractivity contribution is 0.300. The summed E-state index contributed by atoms with van der Waals surface area (Å²) in [5.41, 5.74) is 0.0938. The SMILES string of the molecule is CC(C)C(C)(C)c1cnco1. The van der Waals surface area contributed by atoms with Gasteiger partial charge in [-0.05, 0) is 5.92 Å². The monoisotopic (exact) mass is 153 g/mol. The van der Waals surface area contributed by atoms with Crippen LogP contribution in [0.2, 0.25) is 0 Å². The van der Waals surface area contributed by atoms with E-state index in [1.54, 1.807) is 6.20 Å². The van der Waals surface area contributed by atoms with Crippen molar-refractivity contribution in [3.63, 3.8) is 0 Å². The fourth-order valence-electron chi connectivity index (χ4n) is 0.819. The van der Waals surface area contributed by atoms with Gasteiger partial charge in [-0.15, -0.1) is 0 Å². The van der Waals surface area contributed by atoms with Gasteiger partial charge in [0.05, 0.1) is 6.20 Å². The van der Waals surface area contributed by atoms with Crippen molar-refractivity contribution < 1.29 is 4.42 Å². The maximum Gasteiger partial charge on any atom is 0.180 e. The van der Waals surface area contributed by atoms with E-state index < -0.39 is 0 Å². The lowest BCUT2D eigenvalue weighted by Crippen LogP contribution is -2.23. The van der Waals surface area contributed by atoms with E-state index in [9.17, 15) is 0 Å². The highest BCUT2D eigenvalue weighted by atomic mass is 16.3. The molecule has 1 aromatic heterocycles. The van der Waals surface area contributed by atoms with Crippen LogP contribution < -0.4 is 0 Å². The van der Waals surface area contributed by atoms with E-state index in [4.69, 9.17) is 4.42 Å². The van der Waals surface area contributed by atoms with Crippen LogP contribution in [-0.4, -0.2) is 4.98 Å². The summed E-state index contributed by atoms with van der Waals surface area (Å²) in [4.78, 5) is 3.90. The second-order valence-corrected chi connectivity index (χ2v) is 3.74. The van der Waals surface area contributed by atoms with E-state index in [0.29, 0.717) is 5.92 Å². The van der Waals surface area contributed by atoms with Gasteiger partial charge in [-0.25, -0.2) is 4.98 Å². The topological polar surface area (TPSA) is 26.0 Å². The minimum atomic E-state index is 0.0938. The quantitative estimate of drug-likeness (QED) is 0.652. The van der Waals surface area contributed by atoms with Gasteiger partial charge in [-0.3, -0.25) is 0 Å². The number of oxazole rings is 1. The molecule has 0 aliphatic carbocycles. The molecule has 2 nitrogen and oxygen atoms in total. The van der Waals surface area contributed by atoms with E-state index in [0.717, 1.165) is 5.76 Å². The molecule has 1 rings (SSSR count). The molecule has 11 heavy (non-hydrogen) atoms. The molecule has 0 atom stereocenters. The van der Waals surface area contributed by atoms with Crippen LogP contribution in [0.3, 0.4) is 0 Å². The molecule has 62 valence electrons. The fraction of sp³-hybridized carbons (Fsp3) is 0.667. The molecular formula is C9H15NO. The van der Waals surface area contributed by atoms with Crippen molar-refractivity contribution in [2.45, 2.75) is 33.1 Å².